The van der Waals surface area contributed by atoms with E-state index in [9.17, 15) is 18.5 Å². The summed E-state index contributed by atoms with van der Waals surface area (Å²) in [5.74, 6) is 0.0847. The van der Waals surface area contributed by atoms with Crippen molar-refractivity contribution in [3.05, 3.63) is 18.3 Å². The van der Waals surface area contributed by atoms with Gasteiger partial charge in [0.1, 0.15) is 5.54 Å². The van der Waals surface area contributed by atoms with Gasteiger partial charge in [-0.15, -0.1) is 0 Å². The first-order valence-corrected chi connectivity index (χ1v) is 11.2. The van der Waals surface area contributed by atoms with E-state index >= 15 is 0 Å². The first-order chi connectivity index (χ1) is 13.7. The Morgan fingerprint density at radius 1 is 1.28 bits per heavy atom. The number of amides is 1. The quantitative estimate of drug-likeness (QED) is 0.755. The van der Waals surface area contributed by atoms with Gasteiger partial charge < -0.3 is 9.80 Å². The Balaban J connectivity index is 1.63. The molecule has 0 radical (unpaired) electrons. The number of hydrogen-bond acceptors (Lipinski definition) is 6. The highest BCUT2D eigenvalue weighted by Crippen LogP contribution is 2.37. The smallest absolute Gasteiger partial charge is 0.242 e. The van der Waals surface area contributed by atoms with Crippen molar-refractivity contribution in [2.24, 2.45) is 5.92 Å². The molecule has 0 bridgehead atoms. The van der Waals surface area contributed by atoms with E-state index < -0.39 is 15.6 Å². The topological polar surface area (TPSA) is 122 Å². The van der Waals surface area contributed by atoms with Gasteiger partial charge in [0.2, 0.25) is 15.9 Å². The van der Waals surface area contributed by atoms with Crippen molar-refractivity contribution in [1.29, 1.82) is 5.26 Å². The van der Waals surface area contributed by atoms with Crippen molar-refractivity contribution in [2.75, 3.05) is 31.1 Å². The molecule has 1 aliphatic carbocycles. The zero-order chi connectivity index (χ0) is 20.8. The maximum atomic E-state index is 12.9. The lowest BCUT2D eigenvalue weighted by Gasteiger charge is -2.37. The van der Waals surface area contributed by atoms with Crippen LogP contribution in [0.5, 0.6) is 0 Å². The van der Waals surface area contributed by atoms with Crippen molar-refractivity contribution < 1.29 is 13.2 Å². The van der Waals surface area contributed by atoms with Crippen LogP contribution in [0.15, 0.2) is 23.2 Å². The van der Waals surface area contributed by atoms with Crippen molar-refractivity contribution >= 4 is 32.5 Å². The minimum Gasteiger partial charge on any atom is -0.367 e. The van der Waals surface area contributed by atoms with Gasteiger partial charge in [-0.3, -0.25) is 9.89 Å². The molecule has 1 aromatic heterocycles. The van der Waals surface area contributed by atoms with Gasteiger partial charge in [-0.25, -0.2) is 8.42 Å². The molecule has 1 saturated carbocycles. The molecule has 10 heteroatoms. The minimum atomic E-state index is -3.85. The van der Waals surface area contributed by atoms with E-state index in [2.05, 4.69) is 25.9 Å². The lowest BCUT2D eigenvalue weighted by Crippen LogP contribution is -2.50. The molecule has 2 heterocycles. The van der Waals surface area contributed by atoms with E-state index in [1.54, 1.807) is 18.3 Å². The monoisotopic (exact) mass is 416 g/mol. The van der Waals surface area contributed by atoms with Crippen LogP contribution in [-0.2, 0) is 14.8 Å². The van der Waals surface area contributed by atoms with Crippen LogP contribution in [0.3, 0.4) is 0 Å². The number of aromatic amines is 1. The molecule has 0 unspecified atom stereocenters. The number of nitrogens with zero attached hydrogens (tertiary/aromatic N) is 4. The van der Waals surface area contributed by atoms with Crippen molar-refractivity contribution in [2.45, 2.75) is 37.1 Å². The Kier molecular flexibility index (Phi) is 4.75. The van der Waals surface area contributed by atoms with Crippen LogP contribution in [0, 0.1) is 17.2 Å². The van der Waals surface area contributed by atoms with Gasteiger partial charge in [0.15, 0.2) is 0 Å². The minimum absolute atomic E-state index is 0.0449. The van der Waals surface area contributed by atoms with E-state index in [4.69, 9.17) is 0 Å². The van der Waals surface area contributed by atoms with Gasteiger partial charge in [-0.1, -0.05) is 13.8 Å². The number of hydrogen-bond donors (Lipinski definition) is 2. The van der Waals surface area contributed by atoms with Crippen LogP contribution in [-0.4, -0.2) is 61.1 Å². The van der Waals surface area contributed by atoms with Crippen LogP contribution >= 0.6 is 0 Å². The summed E-state index contributed by atoms with van der Waals surface area (Å²) < 4.78 is 28.3. The number of sulfonamides is 1. The molecule has 2 N–H and O–H groups in total. The molecule has 1 aliphatic heterocycles. The zero-order valence-electron chi connectivity index (χ0n) is 16.5. The second kappa shape index (κ2) is 7.00. The van der Waals surface area contributed by atoms with Gasteiger partial charge >= 0.3 is 0 Å². The van der Waals surface area contributed by atoms with Crippen LogP contribution < -0.4 is 9.62 Å². The third-order valence-electron chi connectivity index (χ3n) is 5.54. The first-order valence-electron chi connectivity index (χ1n) is 9.71. The molecule has 1 amide bonds. The number of rotatable bonds is 5. The zero-order valence-corrected chi connectivity index (χ0v) is 17.3. The number of benzene rings is 1. The molecular weight excluding hydrogens is 392 g/mol. The van der Waals surface area contributed by atoms with Crippen molar-refractivity contribution in [3.8, 4) is 6.07 Å². The molecule has 2 fully saturated rings. The number of H-pyrrole nitrogens is 1. The summed E-state index contributed by atoms with van der Waals surface area (Å²) in [5.41, 5.74) is 0.394. The fraction of sp³-hybridized carbons (Fsp3) is 0.526. The Labute approximate surface area is 169 Å². The third-order valence-corrected chi connectivity index (χ3v) is 7.06. The summed E-state index contributed by atoms with van der Waals surface area (Å²) in [7, 11) is -3.85. The molecule has 2 aliphatic rings. The highest BCUT2D eigenvalue weighted by molar-refractivity contribution is 7.89. The number of aromatic nitrogens is 2. The largest absolute Gasteiger partial charge is 0.367 e. The Morgan fingerprint density at radius 3 is 2.55 bits per heavy atom. The van der Waals surface area contributed by atoms with Gasteiger partial charge in [0.05, 0.1) is 22.7 Å². The SMILES string of the molecule is CC(C)C(=O)N1CCN(c2cc(S(=O)(=O)NC3(C#N)CC3)cc3[nH]ncc23)CC1. The average molecular weight is 417 g/mol. The van der Waals surface area contributed by atoms with E-state index in [-0.39, 0.29) is 16.7 Å². The molecule has 0 spiro atoms. The lowest BCUT2D eigenvalue weighted by atomic mass is 10.1. The predicted octanol–water partition coefficient (Wildman–Crippen LogP) is 1.20. The third kappa shape index (κ3) is 3.68. The summed E-state index contributed by atoms with van der Waals surface area (Å²) in [5, 5.41) is 17.0. The predicted molar refractivity (Wildman–Crippen MR) is 108 cm³/mol. The Bertz CT molecular complexity index is 1090. The summed E-state index contributed by atoms with van der Waals surface area (Å²) >= 11 is 0. The van der Waals surface area contributed by atoms with Crippen LogP contribution in [0.2, 0.25) is 0 Å². The number of carbonyl (C=O) groups excluding carboxylic acids is 1. The fourth-order valence-corrected chi connectivity index (χ4v) is 5.06. The van der Waals surface area contributed by atoms with Crippen LogP contribution in [0.1, 0.15) is 26.7 Å². The molecule has 29 heavy (non-hydrogen) atoms. The molecule has 154 valence electrons. The molecular formula is C19H24N6O3S. The van der Waals surface area contributed by atoms with Gasteiger partial charge in [-0.05, 0) is 25.0 Å². The number of carbonyl (C=O) groups is 1. The Morgan fingerprint density at radius 2 is 1.97 bits per heavy atom. The molecule has 1 aromatic carbocycles. The van der Waals surface area contributed by atoms with Crippen molar-refractivity contribution in [3.63, 3.8) is 0 Å². The number of nitrogens with one attached hydrogen (secondary N) is 2. The highest BCUT2D eigenvalue weighted by atomic mass is 32.2. The number of fused-ring (bicyclic) bond motifs is 1. The van der Waals surface area contributed by atoms with Crippen LogP contribution in [0.4, 0.5) is 5.69 Å². The highest BCUT2D eigenvalue weighted by Gasteiger charge is 2.47. The standard InChI is InChI=1S/C19H24N6O3S/c1-13(2)18(26)25-7-5-24(6-8-25)17-10-14(9-16-15(17)11-21-22-16)29(27,28)23-19(12-20)3-4-19/h9-11,13,23H,3-8H2,1-2H3,(H,21,22). The molecule has 0 atom stereocenters. The fourth-order valence-electron chi connectivity index (χ4n) is 3.63. The number of anilines is 1. The second-order valence-corrected chi connectivity index (χ2v) is 9.72. The number of nitriles is 1. The summed E-state index contributed by atoms with van der Waals surface area (Å²) in [6, 6.07) is 5.23. The molecule has 1 saturated heterocycles. The van der Waals surface area contributed by atoms with E-state index in [1.165, 1.54) is 0 Å². The number of piperazine rings is 1. The van der Waals surface area contributed by atoms with E-state index in [0.29, 0.717) is 44.5 Å². The van der Waals surface area contributed by atoms with E-state index in [1.807, 2.05) is 18.7 Å². The summed E-state index contributed by atoms with van der Waals surface area (Å²) in [4.78, 5) is 16.3. The van der Waals surface area contributed by atoms with Gasteiger partial charge in [0.25, 0.3) is 0 Å². The van der Waals surface area contributed by atoms with Crippen LogP contribution in [0.25, 0.3) is 10.9 Å². The normalized spacial score (nSPS) is 18.8. The molecule has 9 nitrogen and oxygen atoms in total. The lowest BCUT2D eigenvalue weighted by molar-refractivity contribution is -0.134. The Hall–Kier alpha value is -2.64. The second-order valence-electron chi connectivity index (χ2n) is 8.04. The van der Waals surface area contributed by atoms with Crippen molar-refractivity contribution in [1.82, 2.24) is 19.8 Å². The first kappa shape index (κ1) is 19.7. The van der Waals surface area contributed by atoms with Gasteiger partial charge in [-0.2, -0.15) is 15.1 Å². The molecule has 2 aromatic rings. The van der Waals surface area contributed by atoms with Gasteiger partial charge in [0, 0.05) is 43.2 Å². The maximum Gasteiger partial charge on any atom is 0.242 e. The summed E-state index contributed by atoms with van der Waals surface area (Å²) in [6.07, 6.45) is 2.72. The molecule has 4 rings (SSSR count). The average Bonchev–Trinajstić information content (AvgIpc) is 3.30. The van der Waals surface area contributed by atoms with E-state index in [0.717, 1.165) is 11.1 Å². The maximum absolute atomic E-state index is 12.9. The summed E-state index contributed by atoms with van der Waals surface area (Å²) in [6.45, 7) is 6.17.